The van der Waals surface area contributed by atoms with Gasteiger partial charge in [-0.05, 0) is 37.8 Å². The Labute approximate surface area is 151 Å². The second kappa shape index (κ2) is 6.19. The van der Waals surface area contributed by atoms with E-state index in [4.69, 9.17) is 4.74 Å². The van der Waals surface area contributed by atoms with Gasteiger partial charge in [-0.3, -0.25) is 0 Å². The van der Waals surface area contributed by atoms with Crippen molar-refractivity contribution in [2.24, 2.45) is 5.92 Å². The van der Waals surface area contributed by atoms with E-state index in [-0.39, 0.29) is 0 Å². The van der Waals surface area contributed by atoms with Crippen LogP contribution >= 0.6 is 0 Å². The SMILES string of the molecule is Cc1cnc(N2CCC(COc3ccc4nnc(C5CC5)n4n3)C2)nc1. The standard InChI is InChI=1S/C18H21N7O/c1-12-8-19-18(20-9-12)24-7-6-13(10-24)11-26-16-5-4-15-21-22-17(14-2-3-14)25(15)23-16/h4-5,8-9,13-14H,2-3,6-7,10-11H2,1H3. The molecular weight excluding hydrogens is 330 g/mol. The summed E-state index contributed by atoms with van der Waals surface area (Å²) in [6, 6.07) is 3.79. The zero-order valence-electron chi connectivity index (χ0n) is 14.7. The van der Waals surface area contributed by atoms with Gasteiger partial charge in [0.1, 0.15) is 0 Å². The van der Waals surface area contributed by atoms with E-state index in [0.717, 1.165) is 42.5 Å². The second-order valence-corrected chi connectivity index (χ2v) is 7.25. The molecule has 2 aliphatic rings. The fraction of sp³-hybridized carbons (Fsp3) is 0.500. The highest BCUT2D eigenvalue weighted by Crippen LogP contribution is 2.38. The Bertz CT molecular complexity index is 919. The number of nitrogens with zero attached hydrogens (tertiary/aromatic N) is 7. The largest absolute Gasteiger partial charge is 0.476 e. The molecule has 1 unspecified atom stereocenters. The molecule has 26 heavy (non-hydrogen) atoms. The molecule has 0 radical (unpaired) electrons. The van der Waals surface area contributed by atoms with Gasteiger partial charge in [-0.2, -0.15) is 4.52 Å². The van der Waals surface area contributed by atoms with Crippen molar-refractivity contribution in [2.45, 2.75) is 32.1 Å². The first kappa shape index (κ1) is 15.5. The molecule has 0 spiro atoms. The molecular formula is C18H21N7O. The third-order valence-electron chi connectivity index (χ3n) is 5.01. The molecule has 0 aromatic carbocycles. The fourth-order valence-corrected chi connectivity index (χ4v) is 3.36. The molecule has 134 valence electrons. The van der Waals surface area contributed by atoms with Crippen LogP contribution in [0.3, 0.4) is 0 Å². The van der Waals surface area contributed by atoms with Crippen LogP contribution in [0, 0.1) is 12.8 Å². The molecule has 1 aliphatic carbocycles. The lowest BCUT2D eigenvalue weighted by Crippen LogP contribution is -2.23. The summed E-state index contributed by atoms with van der Waals surface area (Å²) in [4.78, 5) is 11.1. The third-order valence-corrected chi connectivity index (χ3v) is 5.01. The van der Waals surface area contributed by atoms with Gasteiger partial charge in [-0.15, -0.1) is 15.3 Å². The van der Waals surface area contributed by atoms with Crippen molar-refractivity contribution in [1.29, 1.82) is 0 Å². The number of hydrogen-bond acceptors (Lipinski definition) is 7. The molecule has 0 amide bonds. The van der Waals surface area contributed by atoms with Crippen molar-refractivity contribution in [1.82, 2.24) is 29.8 Å². The molecule has 3 aromatic heterocycles. The maximum Gasteiger partial charge on any atom is 0.231 e. The molecule has 1 saturated heterocycles. The Kier molecular flexibility index (Phi) is 3.69. The summed E-state index contributed by atoms with van der Waals surface area (Å²) in [6.07, 6.45) is 7.14. The predicted molar refractivity (Wildman–Crippen MR) is 95.3 cm³/mol. The summed E-state index contributed by atoms with van der Waals surface area (Å²) in [6.45, 7) is 4.51. The maximum absolute atomic E-state index is 5.97. The smallest absolute Gasteiger partial charge is 0.231 e. The van der Waals surface area contributed by atoms with Gasteiger partial charge in [-0.1, -0.05) is 0 Å². The van der Waals surface area contributed by atoms with E-state index in [1.165, 1.54) is 12.8 Å². The van der Waals surface area contributed by atoms with Gasteiger partial charge in [0, 0.05) is 43.4 Å². The summed E-state index contributed by atoms with van der Waals surface area (Å²) in [5, 5.41) is 13.0. The van der Waals surface area contributed by atoms with Gasteiger partial charge < -0.3 is 9.64 Å². The number of anilines is 1. The monoisotopic (exact) mass is 351 g/mol. The van der Waals surface area contributed by atoms with E-state index in [1.54, 1.807) is 0 Å². The molecule has 0 bridgehead atoms. The number of hydrogen-bond donors (Lipinski definition) is 0. The normalized spacial score (nSPS) is 20.0. The van der Waals surface area contributed by atoms with E-state index in [2.05, 4.69) is 30.2 Å². The zero-order valence-corrected chi connectivity index (χ0v) is 14.7. The number of ether oxygens (including phenoxy) is 1. The second-order valence-electron chi connectivity index (χ2n) is 7.25. The highest BCUT2D eigenvalue weighted by molar-refractivity contribution is 5.38. The minimum Gasteiger partial charge on any atom is -0.476 e. The van der Waals surface area contributed by atoms with Gasteiger partial charge in [0.2, 0.25) is 11.8 Å². The molecule has 1 atom stereocenters. The van der Waals surface area contributed by atoms with Crippen molar-refractivity contribution in [3.05, 3.63) is 35.9 Å². The average Bonchev–Trinajstić information content (AvgIpc) is 3.24. The van der Waals surface area contributed by atoms with E-state index < -0.39 is 0 Å². The van der Waals surface area contributed by atoms with E-state index in [1.807, 2.05) is 36.0 Å². The lowest BCUT2D eigenvalue weighted by Gasteiger charge is -2.16. The first-order valence-electron chi connectivity index (χ1n) is 9.15. The first-order chi connectivity index (χ1) is 12.8. The number of rotatable bonds is 5. The van der Waals surface area contributed by atoms with Gasteiger partial charge in [0.05, 0.1) is 6.61 Å². The maximum atomic E-state index is 5.97. The first-order valence-corrected chi connectivity index (χ1v) is 9.15. The Morgan fingerprint density at radius 3 is 2.77 bits per heavy atom. The van der Waals surface area contributed by atoms with Crippen LogP contribution in [-0.4, -0.2) is 49.5 Å². The highest BCUT2D eigenvalue weighted by Gasteiger charge is 2.29. The van der Waals surface area contributed by atoms with Crippen LogP contribution in [0.1, 0.15) is 36.6 Å². The van der Waals surface area contributed by atoms with Gasteiger partial charge >= 0.3 is 0 Å². The number of fused-ring (bicyclic) bond motifs is 1. The molecule has 1 saturated carbocycles. The van der Waals surface area contributed by atoms with E-state index in [9.17, 15) is 0 Å². The van der Waals surface area contributed by atoms with Crippen LogP contribution in [0.4, 0.5) is 5.95 Å². The molecule has 8 heteroatoms. The quantitative estimate of drug-likeness (QED) is 0.695. The lowest BCUT2D eigenvalue weighted by atomic mass is 10.1. The predicted octanol–water partition coefficient (Wildman–Crippen LogP) is 2.01. The van der Waals surface area contributed by atoms with Crippen LogP contribution in [0.25, 0.3) is 5.65 Å². The molecule has 3 aromatic rings. The van der Waals surface area contributed by atoms with E-state index in [0.29, 0.717) is 24.3 Å². The van der Waals surface area contributed by atoms with Crippen molar-refractivity contribution in [2.75, 3.05) is 24.6 Å². The summed E-state index contributed by atoms with van der Waals surface area (Å²) in [5.41, 5.74) is 1.86. The van der Waals surface area contributed by atoms with Crippen molar-refractivity contribution < 1.29 is 4.74 Å². The number of aryl methyl sites for hydroxylation is 1. The summed E-state index contributed by atoms with van der Waals surface area (Å²) >= 11 is 0. The van der Waals surface area contributed by atoms with Crippen molar-refractivity contribution in [3.8, 4) is 5.88 Å². The van der Waals surface area contributed by atoms with Gasteiger partial charge in [0.15, 0.2) is 11.5 Å². The summed E-state index contributed by atoms with van der Waals surface area (Å²) in [5.74, 6) is 3.33. The van der Waals surface area contributed by atoms with Crippen LogP contribution < -0.4 is 9.64 Å². The fourth-order valence-electron chi connectivity index (χ4n) is 3.36. The van der Waals surface area contributed by atoms with Crippen LogP contribution in [0.15, 0.2) is 24.5 Å². The summed E-state index contributed by atoms with van der Waals surface area (Å²) in [7, 11) is 0. The topological polar surface area (TPSA) is 81.3 Å². The molecule has 4 heterocycles. The van der Waals surface area contributed by atoms with Crippen LogP contribution in [0.2, 0.25) is 0 Å². The Morgan fingerprint density at radius 1 is 1.12 bits per heavy atom. The van der Waals surface area contributed by atoms with Crippen molar-refractivity contribution >= 4 is 11.6 Å². The molecule has 0 N–H and O–H groups in total. The highest BCUT2D eigenvalue weighted by atomic mass is 16.5. The molecule has 1 aliphatic heterocycles. The van der Waals surface area contributed by atoms with Crippen LogP contribution in [0.5, 0.6) is 5.88 Å². The van der Waals surface area contributed by atoms with Crippen LogP contribution in [-0.2, 0) is 0 Å². The summed E-state index contributed by atoms with van der Waals surface area (Å²) < 4.78 is 7.80. The Balaban J connectivity index is 1.23. The lowest BCUT2D eigenvalue weighted by molar-refractivity contribution is 0.248. The molecule has 2 fully saturated rings. The van der Waals surface area contributed by atoms with Gasteiger partial charge in [0.25, 0.3) is 0 Å². The minimum atomic E-state index is 0.446. The molecule has 8 nitrogen and oxygen atoms in total. The third kappa shape index (κ3) is 2.95. The Hall–Kier alpha value is -2.77. The number of aromatic nitrogens is 6. The zero-order chi connectivity index (χ0) is 17.5. The average molecular weight is 351 g/mol. The van der Waals surface area contributed by atoms with E-state index >= 15 is 0 Å². The van der Waals surface area contributed by atoms with Gasteiger partial charge in [-0.25, -0.2) is 9.97 Å². The van der Waals surface area contributed by atoms with Crippen molar-refractivity contribution in [3.63, 3.8) is 0 Å². The minimum absolute atomic E-state index is 0.446. The molecule has 5 rings (SSSR count). The Morgan fingerprint density at radius 2 is 1.96 bits per heavy atom.